The third-order valence-electron chi connectivity index (χ3n) is 1.39. The topological polar surface area (TPSA) is 47.6 Å². The van der Waals surface area contributed by atoms with Gasteiger partial charge in [-0.1, -0.05) is 13.3 Å². The molecule has 1 amide bonds. The fourth-order valence-electron chi connectivity index (χ4n) is 0.815. The van der Waals surface area contributed by atoms with Crippen molar-refractivity contribution < 1.29 is 14.3 Å². The van der Waals surface area contributed by atoms with Crippen molar-refractivity contribution >= 4 is 6.09 Å². The lowest BCUT2D eigenvalue weighted by atomic mass is 10.3. The Bertz CT molecular complexity index is 127. The summed E-state index contributed by atoms with van der Waals surface area (Å²) in [6, 6.07) is 0. The summed E-state index contributed by atoms with van der Waals surface area (Å²) in [5, 5.41) is 2.59. The minimum absolute atomic E-state index is 0.228. The molecule has 0 saturated heterocycles. The van der Waals surface area contributed by atoms with E-state index in [1.165, 1.54) is 0 Å². The molecule has 0 aromatic heterocycles. The number of nitrogens with one attached hydrogen (secondary N) is 1. The molecule has 0 saturated carbocycles. The Morgan fingerprint density at radius 2 is 2.17 bits per heavy atom. The first-order chi connectivity index (χ1) is 5.74. The van der Waals surface area contributed by atoms with Gasteiger partial charge in [0.2, 0.25) is 0 Å². The first-order valence-corrected chi connectivity index (χ1v) is 4.20. The van der Waals surface area contributed by atoms with Gasteiger partial charge in [0.15, 0.2) is 0 Å². The van der Waals surface area contributed by atoms with Crippen LogP contribution in [-0.4, -0.2) is 26.0 Å². The van der Waals surface area contributed by atoms with Crippen molar-refractivity contribution in [1.82, 2.24) is 5.32 Å². The van der Waals surface area contributed by atoms with Gasteiger partial charge in [-0.05, 0) is 13.3 Å². The predicted octanol–water partition coefficient (Wildman–Crippen LogP) is 1.51. The highest BCUT2D eigenvalue weighted by molar-refractivity contribution is 5.67. The van der Waals surface area contributed by atoms with Gasteiger partial charge in [0.1, 0.15) is 6.23 Å². The van der Waals surface area contributed by atoms with Crippen LogP contribution in [0.25, 0.3) is 0 Å². The molecule has 0 fully saturated rings. The van der Waals surface area contributed by atoms with E-state index < -0.39 is 6.09 Å². The van der Waals surface area contributed by atoms with Crippen molar-refractivity contribution in [2.24, 2.45) is 0 Å². The zero-order valence-corrected chi connectivity index (χ0v) is 7.92. The molecule has 0 aromatic rings. The molecular formula is C8H17NO3. The van der Waals surface area contributed by atoms with E-state index >= 15 is 0 Å². The number of amides is 1. The van der Waals surface area contributed by atoms with Crippen molar-refractivity contribution in [2.45, 2.75) is 32.9 Å². The van der Waals surface area contributed by atoms with Crippen LogP contribution in [0.15, 0.2) is 0 Å². The standard InChI is InChI=1S/C8H17NO3/c1-4-6-7(11-3)9-8(10)12-5-2/h7H,4-6H2,1-3H3,(H,9,10). The summed E-state index contributed by atoms with van der Waals surface area (Å²) in [6.07, 6.45) is 1.12. The molecule has 0 radical (unpaired) electrons. The van der Waals surface area contributed by atoms with Crippen LogP contribution in [0.1, 0.15) is 26.7 Å². The maximum atomic E-state index is 10.9. The molecular weight excluding hydrogens is 158 g/mol. The molecule has 1 atom stereocenters. The Balaban J connectivity index is 3.61. The van der Waals surface area contributed by atoms with Crippen molar-refractivity contribution in [1.29, 1.82) is 0 Å². The summed E-state index contributed by atoms with van der Waals surface area (Å²) in [6.45, 7) is 4.18. The zero-order chi connectivity index (χ0) is 9.40. The number of hydrogen-bond donors (Lipinski definition) is 1. The second-order valence-electron chi connectivity index (χ2n) is 2.38. The summed E-state index contributed by atoms with van der Waals surface area (Å²) < 4.78 is 9.69. The monoisotopic (exact) mass is 175 g/mol. The molecule has 4 nitrogen and oxygen atoms in total. The van der Waals surface area contributed by atoms with E-state index in [2.05, 4.69) is 5.32 Å². The summed E-state index contributed by atoms with van der Waals surface area (Å²) in [4.78, 5) is 10.9. The third kappa shape index (κ3) is 4.96. The fraction of sp³-hybridized carbons (Fsp3) is 0.875. The number of rotatable bonds is 5. The summed E-state index contributed by atoms with van der Waals surface area (Å²) in [5.74, 6) is 0. The van der Waals surface area contributed by atoms with Crippen LogP contribution in [0.3, 0.4) is 0 Å². The van der Waals surface area contributed by atoms with Gasteiger partial charge in [-0.15, -0.1) is 0 Å². The Hall–Kier alpha value is -0.770. The van der Waals surface area contributed by atoms with Crippen LogP contribution in [0.2, 0.25) is 0 Å². The van der Waals surface area contributed by atoms with Crippen LogP contribution in [0.4, 0.5) is 4.79 Å². The molecule has 1 N–H and O–H groups in total. The Morgan fingerprint density at radius 3 is 2.58 bits per heavy atom. The second kappa shape index (κ2) is 6.91. The lowest BCUT2D eigenvalue weighted by molar-refractivity contribution is 0.0571. The van der Waals surface area contributed by atoms with Crippen LogP contribution >= 0.6 is 0 Å². The van der Waals surface area contributed by atoms with Crippen molar-refractivity contribution in [2.75, 3.05) is 13.7 Å². The van der Waals surface area contributed by atoms with Gasteiger partial charge < -0.3 is 9.47 Å². The number of carbonyl (C=O) groups is 1. The van der Waals surface area contributed by atoms with Crippen LogP contribution < -0.4 is 5.32 Å². The number of methoxy groups -OCH3 is 1. The van der Waals surface area contributed by atoms with Gasteiger partial charge in [-0.2, -0.15) is 0 Å². The number of alkyl carbamates (subject to hydrolysis) is 1. The lowest BCUT2D eigenvalue weighted by Crippen LogP contribution is -2.36. The molecule has 12 heavy (non-hydrogen) atoms. The average Bonchev–Trinajstić information content (AvgIpc) is 2.04. The zero-order valence-electron chi connectivity index (χ0n) is 7.92. The van der Waals surface area contributed by atoms with E-state index in [-0.39, 0.29) is 6.23 Å². The van der Waals surface area contributed by atoms with E-state index in [0.29, 0.717) is 6.61 Å². The van der Waals surface area contributed by atoms with Crippen LogP contribution in [-0.2, 0) is 9.47 Å². The van der Waals surface area contributed by atoms with Crippen LogP contribution in [0, 0.1) is 0 Å². The number of ether oxygens (including phenoxy) is 2. The summed E-state index contributed by atoms with van der Waals surface area (Å²) >= 11 is 0. The molecule has 1 unspecified atom stereocenters. The van der Waals surface area contributed by atoms with Gasteiger partial charge in [0.05, 0.1) is 6.61 Å². The normalized spacial score (nSPS) is 12.2. The number of hydrogen-bond acceptors (Lipinski definition) is 3. The van der Waals surface area contributed by atoms with Gasteiger partial charge in [-0.3, -0.25) is 5.32 Å². The maximum absolute atomic E-state index is 10.9. The van der Waals surface area contributed by atoms with Crippen LogP contribution in [0.5, 0.6) is 0 Å². The first kappa shape index (κ1) is 11.2. The van der Waals surface area contributed by atoms with Gasteiger partial charge in [-0.25, -0.2) is 4.79 Å². The largest absolute Gasteiger partial charge is 0.450 e. The van der Waals surface area contributed by atoms with E-state index in [0.717, 1.165) is 12.8 Å². The van der Waals surface area contributed by atoms with Gasteiger partial charge in [0.25, 0.3) is 0 Å². The van der Waals surface area contributed by atoms with E-state index in [1.54, 1.807) is 14.0 Å². The van der Waals surface area contributed by atoms with Crippen molar-refractivity contribution in [3.63, 3.8) is 0 Å². The maximum Gasteiger partial charge on any atom is 0.409 e. The second-order valence-corrected chi connectivity index (χ2v) is 2.38. The lowest BCUT2D eigenvalue weighted by Gasteiger charge is -2.15. The smallest absolute Gasteiger partial charge is 0.409 e. The Morgan fingerprint density at radius 1 is 1.50 bits per heavy atom. The highest BCUT2D eigenvalue weighted by Crippen LogP contribution is 1.96. The molecule has 4 heteroatoms. The molecule has 0 spiro atoms. The van der Waals surface area contributed by atoms with Gasteiger partial charge >= 0.3 is 6.09 Å². The molecule has 0 aliphatic rings. The SMILES string of the molecule is CCCC(NC(=O)OCC)OC. The van der Waals surface area contributed by atoms with Crippen molar-refractivity contribution in [3.8, 4) is 0 Å². The Kier molecular flexibility index (Phi) is 6.47. The number of carbonyl (C=O) groups excluding carboxylic acids is 1. The quantitative estimate of drug-likeness (QED) is 0.644. The van der Waals surface area contributed by atoms with Gasteiger partial charge in [0, 0.05) is 7.11 Å². The van der Waals surface area contributed by atoms with E-state index in [1.807, 2.05) is 6.92 Å². The minimum atomic E-state index is -0.419. The fourth-order valence-corrected chi connectivity index (χ4v) is 0.815. The summed E-state index contributed by atoms with van der Waals surface area (Å²) in [7, 11) is 1.56. The predicted molar refractivity (Wildman–Crippen MR) is 45.9 cm³/mol. The van der Waals surface area contributed by atoms with E-state index in [4.69, 9.17) is 9.47 Å². The van der Waals surface area contributed by atoms with Crippen molar-refractivity contribution in [3.05, 3.63) is 0 Å². The highest BCUT2D eigenvalue weighted by Gasteiger charge is 2.09. The molecule has 0 bridgehead atoms. The molecule has 0 aliphatic heterocycles. The van der Waals surface area contributed by atoms with E-state index in [9.17, 15) is 4.79 Å². The first-order valence-electron chi connectivity index (χ1n) is 4.20. The summed E-state index contributed by atoms with van der Waals surface area (Å²) in [5.41, 5.74) is 0. The minimum Gasteiger partial charge on any atom is -0.450 e. The molecule has 72 valence electrons. The third-order valence-corrected chi connectivity index (χ3v) is 1.39. The molecule has 0 heterocycles. The average molecular weight is 175 g/mol. The highest BCUT2D eigenvalue weighted by atomic mass is 16.6. The molecule has 0 aromatic carbocycles. The molecule has 0 aliphatic carbocycles. The molecule has 0 rings (SSSR count). The Labute approximate surface area is 73.2 Å².